The van der Waals surface area contributed by atoms with Crippen molar-refractivity contribution in [2.75, 3.05) is 19.8 Å². The van der Waals surface area contributed by atoms with Crippen LogP contribution in [0.1, 0.15) is 63.9 Å². The molecule has 0 spiro atoms. The number of hydrogen-bond acceptors (Lipinski definition) is 9. The number of ether oxygens (including phenoxy) is 2. The van der Waals surface area contributed by atoms with E-state index in [1.54, 1.807) is 6.08 Å². The average Bonchev–Trinajstić information content (AvgIpc) is 3.21. The largest absolute Gasteiger partial charge is 0.508 e. The van der Waals surface area contributed by atoms with E-state index in [0.29, 0.717) is 45.1 Å². The molecule has 1 aliphatic carbocycles. The Labute approximate surface area is 241 Å². The molecule has 1 aromatic rings. The van der Waals surface area contributed by atoms with Gasteiger partial charge >= 0.3 is 6.16 Å². The van der Waals surface area contributed by atoms with E-state index >= 15 is 0 Å². The number of carbonyl (C=O) groups is 2. The van der Waals surface area contributed by atoms with Crippen LogP contribution in [-0.2, 0) is 25.5 Å². The van der Waals surface area contributed by atoms with Gasteiger partial charge in [0, 0.05) is 25.3 Å². The van der Waals surface area contributed by atoms with Crippen LogP contribution in [-0.4, -0.2) is 65.4 Å². The van der Waals surface area contributed by atoms with Crippen LogP contribution in [0.5, 0.6) is 0 Å². The van der Waals surface area contributed by atoms with Gasteiger partial charge in [0.2, 0.25) is 5.91 Å². The molecule has 5 atom stereocenters. The highest BCUT2D eigenvalue weighted by Crippen LogP contribution is 2.36. The standard InChI is InChI=1S/C30H44N2O9/c1-2-31-29(35)15-9-4-3-8-14-25-26(28(34)22-27(25)33)19-18-24(17-16-23-12-6-5-7-13-23)41-30(36)39-20-10-11-21-40-32(37)38/h3,5-8,12-13,18-19,24-28,33-34H,2,4,9-11,14-17,20-22H2,1H3,(H,31,35)/t24?,25-,26-,27+,28-/m1/s1. The summed E-state index contributed by atoms with van der Waals surface area (Å²) < 4.78 is 10.7. The van der Waals surface area contributed by atoms with Crippen LogP contribution in [0.15, 0.2) is 54.6 Å². The minimum atomic E-state index is -0.864. The van der Waals surface area contributed by atoms with Crippen LogP contribution in [0, 0.1) is 22.0 Å². The first-order chi connectivity index (χ1) is 19.8. The van der Waals surface area contributed by atoms with Crippen LogP contribution in [0.3, 0.4) is 0 Å². The highest BCUT2D eigenvalue weighted by atomic mass is 16.9. The number of aliphatic hydroxyl groups is 2. The first-order valence-corrected chi connectivity index (χ1v) is 14.4. The summed E-state index contributed by atoms with van der Waals surface area (Å²) in [5, 5.41) is 33.3. The maximum atomic E-state index is 12.3. The zero-order valence-corrected chi connectivity index (χ0v) is 23.8. The Hall–Kier alpha value is -3.44. The van der Waals surface area contributed by atoms with Gasteiger partial charge in [0.15, 0.2) is 0 Å². The van der Waals surface area contributed by atoms with Crippen LogP contribution in [0.25, 0.3) is 0 Å². The smallest absolute Gasteiger partial charge is 0.434 e. The second-order valence-corrected chi connectivity index (χ2v) is 10.1. The lowest BCUT2D eigenvalue weighted by molar-refractivity contribution is -0.757. The number of benzene rings is 1. The highest BCUT2D eigenvalue weighted by molar-refractivity contribution is 5.75. The Bertz CT molecular complexity index is 970. The molecule has 1 saturated carbocycles. The molecule has 0 saturated heterocycles. The van der Waals surface area contributed by atoms with E-state index in [1.165, 1.54) is 0 Å². The highest BCUT2D eigenvalue weighted by Gasteiger charge is 2.39. The number of carbonyl (C=O) groups excluding carboxylic acids is 2. The molecule has 41 heavy (non-hydrogen) atoms. The Morgan fingerprint density at radius 2 is 1.88 bits per heavy atom. The third-order valence-corrected chi connectivity index (χ3v) is 6.95. The molecular weight excluding hydrogens is 532 g/mol. The van der Waals surface area contributed by atoms with Crippen LogP contribution < -0.4 is 5.32 Å². The number of nitrogens with one attached hydrogen (secondary N) is 1. The van der Waals surface area contributed by atoms with Crippen molar-refractivity contribution in [1.82, 2.24) is 5.32 Å². The second-order valence-electron chi connectivity index (χ2n) is 10.1. The molecule has 11 heteroatoms. The van der Waals surface area contributed by atoms with Crippen molar-refractivity contribution in [1.29, 1.82) is 0 Å². The van der Waals surface area contributed by atoms with Crippen molar-refractivity contribution >= 4 is 12.1 Å². The zero-order valence-electron chi connectivity index (χ0n) is 23.8. The van der Waals surface area contributed by atoms with Gasteiger partial charge in [-0.3, -0.25) is 4.79 Å². The molecule has 2 rings (SSSR count). The van der Waals surface area contributed by atoms with Gasteiger partial charge in [0.1, 0.15) is 6.10 Å². The number of amides is 1. The monoisotopic (exact) mass is 576 g/mol. The lowest BCUT2D eigenvalue weighted by Gasteiger charge is -2.20. The Kier molecular flexibility index (Phi) is 16.1. The quantitative estimate of drug-likeness (QED) is 0.0718. The predicted octanol–water partition coefficient (Wildman–Crippen LogP) is 4.30. The fourth-order valence-electron chi connectivity index (χ4n) is 4.80. The van der Waals surface area contributed by atoms with Gasteiger partial charge in [-0.15, -0.1) is 10.1 Å². The van der Waals surface area contributed by atoms with Gasteiger partial charge in [-0.25, -0.2) is 4.79 Å². The van der Waals surface area contributed by atoms with Crippen molar-refractivity contribution in [2.45, 2.75) is 83.0 Å². The zero-order chi connectivity index (χ0) is 29.9. The molecule has 11 nitrogen and oxygen atoms in total. The summed E-state index contributed by atoms with van der Waals surface area (Å²) in [4.78, 5) is 38.3. The fourth-order valence-corrected chi connectivity index (χ4v) is 4.80. The van der Waals surface area contributed by atoms with Crippen LogP contribution >= 0.6 is 0 Å². The third kappa shape index (κ3) is 14.1. The van der Waals surface area contributed by atoms with Crippen LogP contribution in [0.2, 0.25) is 0 Å². The summed E-state index contributed by atoms with van der Waals surface area (Å²) in [5.74, 6) is -0.468. The van der Waals surface area contributed by atoms with Crippen molar-refractivity contribution in [2.24, 2.45) is 11.8 Å². The topological polar surface area (TPSA) is 157 Å². The van der Waals surface area contributed by atoms with Crippen molar-refractivity contribution in [3.05, 3.63) is 70.3 Å². The number of aliphatic hydroxyl groups excluding tert-OH is 2. The Morgan fingerprint density at radius 3 is 2.61 bits per heavy atom. The lowest BCUT2D eigenvalue weighted by Crippen LogP contribution is -2.22. The first kappa shape index (κ1) is 33.8. The summed E-state index contributed by atoms with van der Waals surface area (Å²) in [6.45, 7) is 2.47. The second kappa shape index (κ2) is 19.6. The number of hydrogen-bond donors (Lipinski definition) is 3. The number of unbranched alkanes of at least 4 members (excludes halogenated alkanes) is 2. The van der Waals surface area contributed by atoms with E-state index in [9.17, 15) is 29.9 Å². The van der Waals surface area contributed by atoms with Crippen molar-refractivity contribution in [3.8, 4) is 0 Å². The molecule has 1 aliphatic rings. The molecule has 1 aromatic carbocycles. The number of aryl methyl sites for hydroxylation is 1. The molecule has 0 radical (unpaired) electrons. The summed E-state index contributed by atoms with van der Waals surface area (Å²) in [6, 6.07) is 9.78. The third-order valence-electron chi connectivity index (χ3n) is 6.95. The summed E-state index contributed by atoms with van der Waals surface area (Å²) in [6.07, 6.45) is 9.43. The molecule has 0 heterocycles. The minimum Gasteiger partial charge on any atom is -0.434 e. The summed E-state index contributed by atoms with van der Waals surface area (Å²) >= 11 is 0. The normalized spacial score (nSPS) is 21.1. The van der Waals surface area contributed by atoms with E-state index in [2.05, 4.69) is 10.2 Å². The molecule has 0 aliphatic heterocycles. The molecule has 1 fully saturated rings. The van der Waals surface area contributed by atoms with Gasteiger partial charge in [0.05, 0.1) is 25.4 Å². The van der Waals surface area contributed by atoms with Crippen molar-refractivity contribution in [3.63, 3.8) is 0 Å². The Morgan fingerprint density at radius 1 is 1.12 bits per heavy atom. The van der Waals surface area contributed by atoms with E-state index in [4.69, 9.17) is 9.47 Å². The predicted molar refractivity (Wildman–Crippen MR) is 152 cm³/mol. The number of allylic oxidation sites excluding steroid dienone is 2. The van der Waals surface area contributed by atoms with E-state index in [1.807, 2.05) is 55.5 Å². The van der Waals surface area contributed by atoms with Gasteiger partial charge < -0.3 is 29.8 Å². The van der Waals surface area contributed by atoms with Gasteiger partial charge in [-0.2, -0.15) is 0 Å². The molecule has 1 unspecified atom stereocenters. The number of nitrogens with zero attached hydrogens (tertiary/aromatic N) is 1. The molecular formula is C30H44N2O9. The first-order valence-electron chi connectivity index (χ1n) is 14.4. The molecule has 0 bridgehead atoms. The maximum absolute atomic E-state index is 12.3. The maximum Gasteiger partial charge on any atom is 0.508 e. The van der Waals surface area contributed by atoms with E-state index < -0.39 is 29.6 Å². The summed E-state index contributed by atoms with van der Waals surface area (Å²) in [5.41, 5.74) is 1.08. The van der Waals surface area contributed by atoms with E-state index in [-0.39, 0.29) is 37.4 Å². The molecule has 1 amide bonds. The number of rotatable bonds is 19. The average molecular weight is 577 g/mol. The molecule has 228 valence electrons. The lowest BCUT2D eigenvalue weighted by atomic mass is 9.89. The molecule has 0 aromatic heterocycles. The van der Waals surface area contributed by atoms with Gasteiger partial charge in [0.25, 0.3) is 5.09 Å². The molecule has 3 N–H and O–H groups in total. The van der Waals surface area contributed by atoms with Gasteiger partial charge in [-0.1, -0.05) is 48.6 Å². The van der Waals surface area contributed by atoms with Gasteiger partial charge in [-0.05, 0) is 69.4 Å². The summed E-state index contributed by atoms with van der Waals surface area (Å²) in [7, 11) is 0. The fraction of sp³-hybridized carbons (Fsp3) is 0.600. The minimum absolute atomic E-state index is 0.0376. The van der Waals surface area contributed by atoms with Crippen LogP contribution in [0.4, 0.5) is 4.79 Å². The van der Waals surface area contributed by atoms with Crippen molar-refractivity contribution < 1.29 is 39.2 Å². The Balaban J connectivity index is 1.93. The SMILES string of the molecule is CCNC(=O)CCCC=CC[C@@H]1[C@@H](C=CC(CCc2ccccc2)OC(=O)OCCCCO[N+](=O)[O-])[C@H](O)C[C@@H]1O. The van der Waals surface area contributed by atoms with E-state index in [0.717, 1.165) is 18.4 Å².